The average Bonchev–Trinajstić information content (AvgIpc) is 3.36. The molecule has 1 aromatic heterocycles. The van der Waals surface area contributed by atoms with Crippen molar-refractivity contribution in [1.82, 2.24) is 14.5 Å². The first kappa shape index (κ1) is 33.2. The number of hydrogen-bond donors (Lipinski definition) is 1. The van der Waals surface area contributed by atoms with Gasteiger partial charge >= 0.3 is 5.97 Å². The number of unbranched alkanes of at least 4 members (excludes halogenated alkanes) is 4. The van der Waals surface area contributed by atoms with E-state index < -0.39 is 17.6 Å². The van der Waals surface area contributed by atoms with Crippen molar-refractivity contribution in [2.75, 3.05) is 13.1 Å². The number of halogens is 3. The Morgan fingerprint density at radius 3 is 2.59 bits per heavy atom. The molecule has 0 spiro atoms. The molecule has 1 aliphatic heterocycles. The summed E-state index contributed by atoms with van der Waals surface area (Å²) < 4.78 is 43.1. The maximum Gasteiger partial charge on any atom is 0.307 e. The SMILES string of the molecule is N#CCCCCCCn1c(CN2CCC(Oc3cccc(COc4ccc(Cl)cc4F)c3)CC2)nc2c(F)cc(CC(=O)O)cc21. The molecular formula is C35H37ClF2N4O4. The monoisotopic (exact) mass is 650 g/mol. The van der Waals surface area contributed by atoms with Crippen molar-refractivity contribution in [3.8, 4) is 17.6 Å². The highest BCUT2D eigenvalue weighted by Gasteiger charge is 2.24. The molecule has 1 saturated heterocycles. The number of aryl methyl sites for hydroxylation is 1. The second kappa shape index (κ2) is 15.9. The minimum absolute atomic E-state index is 0.0179. The molecule has 0 atom stereocenters. The molecule has 11 heteroatoms. The first-order chi connectivity index (χ1) is 22.3. The predicted molar refractivity (Wildman–Crippen MR) is 171 cm³/mol. The van der Waals surface area contributed by atoms with Crippen molar-refractivity contribution in [3.63, 3.8) is 0 Å². The van der Waals surface area contributed by atoms with E-state index in [0.29, 0.717) is 35.6 Å². The van der Waals surface area contributed by atoms with E-state index in [1.54, 1.807) is 12.1 Å². The summed E-state index contributed by atoms with van der Waals surface area (Å²) >= 11 is 5.82. The lowest BCUT2D eigenvalue weighted by Crippen LogP contribution is -2.38. The van der Waals surface area contributed by atoms with Crippen LogP contribution in [0.25, 0.3) is 11.0 Å². The number of rotatable bonds is 15. The number of nitriles is 1. The number of imidazole rings is 1. The highest BCUT2D eigenvalue weighted by molar-refractivity contribution is 6.30. The van der Waals surface area contributed by atoms with Crippen LogP contribution >= 0.6 is 11.6 Å². The lowest BCUT2D eigenvalue weighted by molar-refractivity contribution is -0.136. The fourth-order valence-corrected chi connectivity index (χ4v) is 5.96. The van der Waals surface area contributed by atoms with E-state index in [4.69, 9.17) is 26.3 Å². The third kappa shape index (κ3) is 8.95. The van der Waals surface area contributed by atoms with Gasteiger partial charge in [0.15, 0.2) is 17.4 Å². The summed E-state index contributed by atoms with van der Waals surface area (Å²) in [5.74, 6) is -0.428. The number of aliphatic carboxylic acids is 1. The fraction of sp³-hybridized carbons (Fsp3) is 0.400. The summed E-state index contributed by atoms with van der Waals surface area (Å²) in [6, 6.07) is 17.1. The smallest absolute Gasteiger partial charge is 0.307 e. The molecule has 0 aliphatic carbocycles. The third-order valence-electron chi connectivity index (χ3n) is 8.11. The summed E-state index contributed by atoms with van der Waals surface area (Å²) in [6.07, 6.45) is 5.47. The normalized spacial score (nSPS) is 14.0. The van der Waals surface area contributed by atoms with E-state index in [1.807, 2.05) is 28.8 Å². The van der Waals surface area contributed by atoms with Gasteiger partial charge in [-0.15, -0.1) is 0 Å². The van der Waals surface area contributed by atoms with Crippen LogP contribution in [0.2, 0.25) is 5.02 Å². The summed E-state index contributed by atoms with van der Waals surface area (Å²) in [6.45, 7) is 2.91. The van der Waals surface area contributed by atoms with Crippen molar-refractivity contribution in [1.29, 1.82) is 5.26 Å². The maximum absolute atomic E-state index is 15.1. The molecule has 8 nitrogen and oxygen atoms in total. The van der Waals surface area contributed by atoms with Crippen molar-refractivity contribution in [2.45, 2.75) is 77.2 Å². The van der Waals surface area contributed by atoms with Crippen molar-refractivity contribution >= 4 is 28.6 Å². The van der Waals surface area contributed by atoms with E-state index in [-0.39, 0.29) is 30.4 Å². The number of aromatic nitrogens is 2. The first-order valence-electron chi connectivity index (χ1n) is 15.6. The third-order valence-corrected chi connectivity index (χ3v) is 8.35. The Hall–Kier alpha value is -4.20. The molecular weight excluding hydrogens is 614 g/mol. The molecule has 0 radical (unpaired) electrons. The van der Waals surface area contributed by atoms with Crippen LogP contribution in [0, 0.1) is 23.0 Å². The lowest BCUT2D eigenvalue weighted by Gasteiger charge is -2.32. The molecule has 242 valence electrons. The zero-order valence-corrected chi connectivity index (χ0v) is 26.3. The van der Waals surface area contributed by atoms with Crippen molar-refractivity contribution < 1.29 is 28.2 Å². The Morgan fingerprint density at radius 1 is 1.02 bits per heavy atom. The zero-order chi connectivity index (χ0) is 32.5. The number of carboxylic acids is 1. The van der Waals surface area contributed by atoms with Crippen LogP contribution in [0.15, 0.2) is 54.6 Å². The molecule has 1 fully saturated rings. The lowest BCUT2D eigenvalue weighted by atomic mass is 10.1. The Morgan fingerprint density at radius 2 is 1.83 bits per heavy atom. The van der Waals surface area contributed by atoms with E-state index >= 15 is 4.39 Å². The number of fused-ring (bicyclic) bond motifs is 1. The number of carboxylic acid groups (broad SMARTS) is 1. The van der Waals surface area contributed by atoms with Crippen LogP contribution in [0.3, 0.4) is 0 Å². The van der Waals surface area contributed by atoms with Gasteiger partial charge in [-0.1, -0.05) is 36.6 Å². The Bertz CT molecular complexity index is 1700. The summed E-state index contributed by atoms with van der Waals surface area (Å²) in [4.78, 5) is 18.3. The van der Waals surface area contributed by atoms with Gasteiger partial charge in [-0.05, 0) is 79.3 Å². The summed E-state index contributed by atoms with van der Waals surface area (Å²) in [5, 5.41) is 18.4. The predicted octanol–water partition coefficient (Wildman–Crippen LogP) is 7.69. The van der Waals surface area contributed by atoms with Gasteiger partial charge in [-0.25, -0.2) is 13.8 Å². The Kier molecular flexibility index (Phi) is 11.4. The van der Waals surface area contributed by atoms with Crippen LogP contribution in [0.4, 0.5) is 8.78 Å². The fourth-order valence-electron chi connectivity index (χ4n) is 5.80. The molecule has 46 heavy (non-hydrogen) atoms. The van der Waals surface area contributed by atoms with Gasteiger partial charge in [0.25, 0.3) is 0 Å². The van der Waals surface area contributed by atoms with Crippen LogP contribution in [0.5, 0.6) is 11.5 Å². The topological polar surface area (TPSA) is 101 Å². The number of likely N-dealkylation sites (tertiary alicyclic amines) is 1. The number of nitrogens with zero attached hydrogens (tertiary/aromatic N) is 4. The molecule has 0 unspecified atom stereocenters. The molecule has 0 amide bonds. The largest absolute Gasteiger partial charge is 0.490 e. The van der Waals surface area contributed by atoms with Gasteiger partial charge < -0.3 is 19.1 Å². The van der Waals surface area contributed by atoms with Gasteiger partial charge in [0.2, 0.25) is 0 Å². The molecule has 1 N–H and O–H groups in total. The van der Waals surface area contributed by atoms with Crippen LogP contribution in [-0.4, -0.2) is 44.7 Å². The number of ether oxygens (including phenoxy) is 2. The van der Waals surface area contributed by atoms with Gasteiger partial charge in [0.1, 0.15) is 29.8 Å². The quantitative estimate of drug-likeness (QED) is 0.132. The first-order valence-corrected chi connectivity index (χ1v) is 16.0. The Balaban J connectivity index is 1.20. The molecule has 0 saturated carbocycles. The maximum atomic E-state index is 15.1. The van der Waals surface area contributed by atoms with E-state index in [0.717, 1.165) is 68.8 Å². The van der Waals surface area contributed by atoms with Gasteiger partial charge in [0, 0.05) is 31.1 Å². The summed E-state index contributed by atoms with van der Waals surface area (Å²) in [5.41, 5.74) is 2.13. The van der Waals surface area contributed by atoms with Crippen LogP contribution < -0.4 is 9.47 Å². The van der Waals surface area contributed by atoms with Gasteiger partial charge in [-0.3, -0.25) is 9.69 Å². The minimum Gasteiger partial charge on any atom is -0.490 e. The highest BCUT2D eigenvalue weighted by Crippen LogP contribution is 2.27. The zero-order valence-electron chi connectivity index (χ0n) is 25.6. The number of hydrogen-bond acceptors (Lipinski definition) is 6. The molecule has 2 heterocycles. The van der Waals surface area contributed by atoms with Crippen molar-refractivity contribution in [2.24, 2.45) is 0 Å². The minimum atomic E-state index is -1.01. The molecule has 1 aliphatic rings. The molecule has 3 aromatic carbocycles. The second-order valence-corrected chi connectivity index (χ2v) is 12.1. The molecule has 0 bridgehead atoms. The molecule has 4 aromatic rings. The van der Waals surface area contributed by atoms with Crippen LogP contribution in [0.1, 0.15) is 61.9 Å². The van der Waals surface area contributed by atoms with E-state index in [1.165, 1.54) is 18.2 Å². The Labute approximate surface area is 272 Å². The number of carbonyl (C=O) groups is 1. The van der Waals surface area contributed by atoms with E-state index in [9.17, 15) is 14.3 Å². The average molecular weight is 651 g/mol. The summed E-state index contributed by atoms with van der Waals surface area (Å²) in [7, 11) is 0. The molecule has 5 rings (SSSR count). The second-order valence-electron chi connectivity index (χ2n) is 11.6. The van der Waals surface area contributed by atoms with E-state index in [2.05, 4.69) is 16.0 Å². The number of piperidine rings is 1. The standard InChI is InChI=1S/C35H37ClF2N4O4/c36-26-9-10-32(29(37)21-26)45-23-24-7-6-8-28(17-24)46-27-11-15-41(16-12-27)22-33-40-35-30(38)18-25(20-34(43)44)19-31(35)42(33)14-5-3-1-2-4-13-39/h6-10,17-19,21,27H,1-5,11-12,14-16,20,22-23H2,(H,43,44). The van der Waals surface area contributed by atoms with Crippen LogP contribution in [-0.2, 0) is 30.9 Å². The van der Waals surface area contributed by atoms with Crippen molar-refractivity contribution in [3.05, 3.63) is 88.2 Å². The van der Waals surface area contributed by atoms with Gasteiger partial charge in [0.05, 0.1) is 24.6 Å². The highest BCUT2D eigenvalue weighted by atomic mass is 35.5. The number of benzene rings is 3. The van der Waals surface area contributed by atoms with Gasteiger partial charge in [-0.2, -0.15) is 5.26 Å².